The highest BCUT2D eigenvalue weighted by atomic mass is 16.5. The Morgan fingerprint density at radius 2 is 2.00 bits per heavy atom. The number of aryl methyl sites for hydroxylation is 2. The molecule has 2 aromatic rings. The molecule has 0 saturated carbocycles. The fourth-order valence-electron chi connectivity index (χ4n) is 1.86. The Morgan fingerprint density at radius 1 is 1.22 bits per heavy atom. The number of nitrogens with zero attached hydrogens (tertiary/aromatic N) is 2. The minimum atomic E-state index is 0.403. The molecule has 18 heavy (non-hydrogen) atoms. The summed E-state index contributed by atoms with van der Waals surface area (Å²) in [4.78, 5) is 8.33. The van der Waals surface area contributed by atoms with Gasteiger partial charge in [0, 0.05) is 11.8 Å². The summed E-state index contributed by atoms with van der Waals surface area (Å²) in [5.74, 6) is 6.60. The molecule has 0 bridgehead atoms. The molecule has 0 unspecified atom stereocenters. The Kier molecular flexibility index (Phi) is 3.43. The predicted molar refractivity (Wildman–Crippen MR) is 71.3 cm³/mol. The molecule has 1 aromatic carbocycles. The maximum absolute atomic E-state index is 5.32. The lowest BCUT2D eigenvalue weighted by atomic mass is 10.0. The van der Waals surface area contributed by atoms with Crippen LogP contribution in [-0.2, 0) is 0 Å². The van der Waals surface area contributed by atoms with Crippen molar-refractivity contribution < 1.29 is 4.74 Å². The molecule has 1 aromatic heterocycles. The first-order valence-electron chi connectivity index (χ1n) is 5.61. The number of hydrazine groups is 1. The molecule has 0 spiro atoms. The van der Waals surface area contributed by atoms with Crippen LogP contribution >= 0.6 is 0 Å². The third-order valence-corrected chi connectivity index (χ3v) is 2.80. The van der Waals surface area contributed by atoms with Crippen molar-refractivity contribution in [2.24, 2.45) is 5.84 Å². The van der Waals surface area contributed by atoms with Crippen molar-refractivity contribution in [2.45, 2.75) is 13.8 Å². The summed E-state index contributed by atoms with van der Waals surface area (Å²) in [5.41, 5.74) is 6.49. The first kappa shape index (κ1) is 12.3. The number of aromatic nitrogens is 2. The van der Waals surface area contributed by atoms with Crippen LogP contribution in [0.5, 0.6) is 5.75 Å². The van der Waals surface area contributed by atoms with Crippen LogP contribution in [0.25, 0.3) is 11.3 Å². The van der Waals surface area contributed by atoms with Crippen molar-refractivity contribution in [1.82, 2.24) is 9.97 Å². The van der Waals surface area contributed by atoms with E-state index < -0.39 is 0 Å². The Balaban J connectivity index is 2.53. The molecule has 1 heterocycles. The molecule has 0 aliphatic rings. The summed E-state index contributed by atoms with van der Waals surface area (Å²) in [7, 11) is 1.67. The first-order valence-corrected chi connectivity index (χ1v) is 5.61. The number of benzene rings is 1. The number of nitrogens with one attached hydrogen (secondary N) is 1. The number of anilines is 1. The molecule has 0 fully saturated rings. The van der Waals surface area contributed by atoms with Gasteiger partial charge < -0.3 is 4.74 Å². The van der Waals surface area contributed by atoms with Gasteiger partial charge in [0.2, 0.25) is 5.95 Å². The second kappa shape index (κ2) is 5.01. The minimum absolute atomic E-state index is 0.403. The summed E-state index contributed by atoms with van der Waals surface area (Å²) in [5, 5.41) is 0. The van der Waals surface area contributed by atoms with Crippen molar-refractivity contribution in [2.75, 3.05) is 12.5 Å². The topological polar surface area (TPSA) is 73.1 Å². The average Bonchev–Trinajstić information content (AvgIpc) is 2.41. The summed E-state index contributed by atoms with van der Waals surface area (Å²) >= 11 is 0. The Hall–Kier alpha value is -2.14. The first-order chi connectivity index (χ1) is 8.65. The SMILES string of the molecule is COc1cc(C)c(-c2ccnc(NN)n2)cc1C. The molecular weight excluding hydrogens is 228 g/mol. The predicted octanol–water partition coefficient (Wildman–Crippen LogP) is 2.05. The maximum atomic E-state index is 5.32. The summed E-state index contributed by atoms with van der Waals surface area (Å²) in [6, 6.07) is 5.91. The van der Waals surface area contributed by atoms with E-state index in [1.807, 2.05) is 26.0 Å². The maximum Gasteiger partial charge on any atom is 0.237 e. The number of hydrogen-bond acceptors (Lipinski definition) is 5. The number of methoxy groups -OCH3 is 1. The van der Waals surface area contributed by atoms with Crippen LogP contribution in [0.1, 0.15) is 11.1 Å². The largest absolute Gasteiger partial charge is 0.496 e. The van der Waals surface area contributed by atoms with Gasteiger partial charge in [0.15, 0.2) is 0 Å². The van der Waals surface area contributed by atoms with E-state index >= 15 is 0 Å². The van der Waals surface area contributed by atoms with Gasteiger partial charge in [-0.2, -0.15) is 0 Å². The number of ether oxygens (including phenoxy) is 1. The molecule has 2 rings (SSSR count). The fraction of sp³-hybridized carbons (Fsp3) is 0.231. The van der Waals surface area contributed by atoms with Crippen LogP contribution in [-0.4, -0.2) is 17.1 Å². The molecule has 5 heteroatoms. The van der Waals surface area contributed by atoms with E-state index in [-0.39, 0.29) is 0 Å². The Morgan fingerprint density at radius 3 is 2.67 bits per heavy atom. The van der Waals surface area contributed by atoms with Gasteiger partial charge in [-0.15, -0.1) is 0 Å². The normalized spacial score (nSPS) is 10.2. The van der Waals surface area contributed by atoms with Crippen LogP contribution in [0.3, 0.4) is 0 Å². The molecule has 94 valence electrons. The van der Waals surface area contributed by atoms with E-state index in [2.05, 4.69) is 21.5 Å². The van der Waals surface area contributed by atoms with Crippen LogP contribution in [0.2, 0.25) is 0 Å². The van der Waals surface area contributed by atoms with Gasteiger partial charge in [-0.25, -0.2) is 15.8 Å². The quantitative estimate of drug-likeness (QED) is 0.638. The van der Waals surface area contributed by atoms with Gasteiger partial charge in [-0.05, 0) is 43.2 Å². The molecular formula is C13H16N4O. The van der Waals surface area contributed by atoms with E-state index in [0.717, 1.165) is 28.1 Å². The molecule has 0 aliphatic heterocycles. The fourth-order valence-corrected chi connectivity index (χ4v) is 1.86. The van der Waals surface area contributed by atoms with Crippen LogP contribution in [0.4, 0.5) is 5.95 Å². The van der Waals surface area contributed by atoms with Gasteiger partial charge in [-0.3, -0.25) is 5.43 Å². The number of hydrogen-bond donors (Lipinski definition) is 2. The van der Waals surface area contributed by atoms with Gasteiger partial charge in [-0.1, -0.05) is 0 Å². The third kappa shape index (κ3) is 2.26. The number of rotatable bonds is 3. The van der Waals surface area contributed by atoms with Crippen molar-refractivity contribution in [3.63, 3.8) is 0 Å². The summed E-state index contributed by atoms with van der Waals surface area (Å²) in [6.45, 7) is 4.03. The van der Waals surface area contributed by atoms with E-state index in [0.29, 0.717) is 5.95 Å². The number of nitrogen functional groups attached to an aromatic ring is 1. The van der Waals surface area contributed by atoms with Gasteiger partial charge >= 0.3 is 0 Å². The molecule has 3 N–H and O–H groups in total. The zero-order valence-corrected chi connectivity index (χ0v) is 10.7. The van der Waals surface area contributed by atoms with Crippen molar-refractivity contribution in [3.8, 4) is 17.0 Å². The Labute approximate surface area is 106 Å². The van der Waals surface area contributed by atoms with E-state index in [1.165, 1.54) is 0 Å². The molecule has 0 saturated heterocycles. The average molecular weight is 244 g/mol. The number of nitrogens with two attached hydrogens (primary N) is 1. The molecule has 0 aliphatic carbocycles. The van der Waals surface area contributed by atoms with Crippen molar-refractivity contribution in [1.29, 1.82) is 0 Å². The smallest absolute Gasteiger partial charge is 0.237 e. The zero-order valence-electron chi connectivity index (χ0n) is 10.7. The van der Waals surface area contributed by atoms with Crippen LogP contribution in [0.15, 0.2) is 24.4 Å². The second-order valence-corrected chi connectivity index (χ2v) is 4.05. The minimum Gasteiger partial charge on any atom is -0.496 e. The lowest BCUT2D eigenvalue weighted by molar-refractivity contribution is 0.411. The monoisotopic (exact) mass is 244 g/mol. The van der Waals surface area contributed by atoms with Crippen LogP contribution in [0, 0.1) is 13.8 Å². The van der Waals surface area contributed by atoms with Gasteiger partial charge in [0.25, 0.3) is 0 Å². The summed E-state index contributed by atoms with van der Waals surface area (Å²) in [6.07, 6.45) is 1.68. The highest BCUT2D eigenvalue weighted by Crippen LogP contribution is 2.29. The highest BCUT2D eigenvalue weighted by Gasteiger charge is 2.08. The Bertz CT molecular complexity index is 569. The summed E-state index contributed by atoms with van der Waals surface area (Å²) < 4.78 is 5.30. The van der Waals surface area contributed by atoms with Crippen molar-refractivity contribution >= 4 is 5.95 Å². The second-order valence-electron chi connectivity index (χ2n) is 4.05. The van der Waals surface area contributed by atoms with Gasteiger partial charge in [0.05, 0.1) is 12.8 Å². The van der Waals surface area contributed by atoms with Crippen molar-refractivity contribution in [3.05, 3.63) is 35.5 Å². The highest BCUT2D eigenvalue weighted by molar-refractivity contribution is 5.67. The molecule has 0 atom stereocenters. The van der Waals surface area contributed by atoms with Crippen LogP contribution < -0.4 is 16.0 Å². The lowest BCUT2D eigenvalue weighted by Crippen LogP contribution is -2.10. The van der Waals surface area contributed by atoms with E-state index in [1.54, 1.807) is 13.3 Å². The van der Waals surface area contributed by atoms with E-state index in [4.69, 9.17) is 10.6 Å². The zero-order chi connectivity index (χ0) is 13.1. The standard InChI is InChI=1S/C13H16N4O/c1-8-7-12(18-3)9(2)6-10(8)11-4-5-15-13(16-11)17-14/h4-7H,14H2,1-3H3,(H,15,16,17). The molecule has 5 nitrogen and oxygen atoms in total. The van der Waals surface area contributed by atoms with Gasteiger partial charge in [0.1, 0.15) is 5.75 Å². The lowest BCUT2D eigenvalue weighted by Gasteiger charge is -2.11. The van der Waals surface area contributed by atoms with E-state index in [9.17, 15) is 0 Å². The molecule has 0 radical (unpaired) electrons. The third-order valence-electron chi connectivity index (χ3n) is 2.80. The molecule has 0 amide bonds.